The van der Waals surface area contributed by atoms with Crippen LogP contribution in [0.5, 0.6) is 0 Å². The number of carbonyl (C=O) groups excluding carboxylic acids is 1. The van der Waals surface area contributed by atoms with E-state index in [4.69, 9.17) is 5.73 Å². The molecular weight excluding hydrogens is 264 g/mol. The summed E-state index contributed by atoms with van der Waals surface area (Å²) in [5.74, 6) is -0.198. The molecule has 0 saturated carbocycles. The van der Waals surface area contributed by atoms with Crippen LogP contribution >= 0.6 is 0 Å². The van der Waals surface area contributed by atoms with E-state index in [2.05, 4.69) is 5.32 Å². The van der Waals surface area contributed by atoms with Gasteiger partial charge in [-0.1, -0.05) is 25.1 Å². The van der Waals surface area contributed by atoms with E-state index in [1.54, 1.807) is 19.1 Å². The van der Waals surface area contributed by atoms with Gasteiger partial charge in [-0.05, 0) is 24.6 Å². The number of hydrogen-bond donors (Lipinski definition) is 2. The van der Waals surface area contributed by atoms with Crippen LogP contribution in [0.3, 0.4) is 0 Å². The zero-order valence-electron chi connectivity index (χ0n) is 11.1. The Hall–Kier alpha value is -1.40. The highest BCUT2D eigenvalue weighted by atomic mass is 32.2. The summed E-state index contributed by atoms with van der Waals surface area (Å²) in [6.07, 6.45) is 0.622. The Morgan fingerprint density at radius 2 is 2.00 bits per heavy atom. The van der Waals surface area contributed by atoms with Crippen molar-refractivity contribution >= 4 is 15.7 Å². The number of rotatable bonds is 7. The zero-order valence-corrected chi connectivity index (χ0v) is 11.9. The van der Waals surface area contributed by atoms with Gasteiger partial charge in [-0.25, -0.2) is 8.42 Å². The van der Waals surface area contributed by atoms with E-state index in [1.165, 1.54) is 0 Å². The van der Waals surface area contributed by atoms with Crippen molar-refractivity contribution in [2.24, 2.45) is 5.73 Å². The molecule has 0 fully saturated rings. The molecule has 0 radical (unpaired) electrons. The molecule has 1 aromatic rings. The minimum Gasteiger partial charge on any atom is -0.351 e. The maximum atomic E-state index is 12.0. The van der Waals surface area contributed by atoms with E-state index in [0.717, 1.165) is 5.56 Å². The lowest BCUT2D eigenvalue weighted by molar-refractivity contribution is 0.0955. The van der Waals surface area contributed by atoms with Gasteiger partial charge in [0.05, 0.1) is 5.75 Å². The Kier molecular flexibility index (Phi) is 5.98. The number of hydrogen-bond acceptors (Lipinski definition) is 4. The van der Waals surface area contributed by atoms with Crippen LogP contribution in [0, 0.1) is 0 Å². The van der Waals surface area contributed by atoms with Crippen molar-refractivity contribution < 1.29 is 13.2 Å². The average molecular weight is 284 g/mol. The lowest BCUT2D eigenvalue weighted by atomic mass is 10.0. The minimum absolute atomic E-state index is 0.0334. The second-order valence-corrected chi connectivity index (χ2v) is 6.66. The van der Waals surface area contributed by atoms with E-state index in [1.807, 2.05) is 12.1 Å². The largest absolute Gasteiger partial charge is 0.351 e. The molecule has 0 heterocycles. The van der Waals surface area contributed by atoms with Crippen LogP contribution in [0.25, 0.3) is 0 Å². The van der Waals surface area contributed by atoms with Crippen LogP contribution in [0.4, 0.5) is 0 Å². The first-order chi connectivity index (χ1) is 9.00. The van der Waals surface area contributed by atoms with Gasteiger partial charge in [0.1, 0.15) is 0 Å². The summed E-state index contributed by atoms with van der Waals surface area (Å²) >= 11 is 0. The second kappa shape index (κ2) is 7.25. The van der Waals surface area contributed by atoms with Crippen molar-refractivity contribution in [2.45, 2.75) is 13.3 Å². The molecule has 5 nitrogen and oxygen atoms in total. The van der Waals surface area contributed by atoms with E-state index in [9.17, 15) is 13.2 Å². The topological polar surface area (TPSA) is 89.3 Å². The van der Waals surface area contributed by atoms with Gasteiger partial charge >= 0.3 is 0 Å². The van der Waals surface area contributed by atoms with Crippen LogP contribution in [0.2, 0.25) is 0 Å². The van der Waals surface area contributed by atoms with Crippen molar-refractivity contribution in [3.05, 3.63) is 35.4 Å². The number of amides is 1. The first-order valence-electron chi connectivity index (χ1n) is 6.26. The molecule has 106 valence electrons. The van der Waals surface area contributed by atoms with Crippen molar-refractivity contribution in [3.8, 4) is 0 Å². The van der Waals surface area contributed by atoms with Gasteiger partial charge in [-0.3, -0.25) is 4.79 Å². The fraction of sp³-hybridized carbons (Fsp3) is 0.462. The fourth-order valence-electron chi connectivity index (χ4n) is 1.67. The molecule has 0 atom stereocenters. The number of nitrogens with one attached hydrogen (secondary N) is 1. The smallest absolute Gasteiger partial charge is 0.251 e. The lowest BCUT2D eigenvalue weighted by Gasteiger charge is -2.09. The molecule has 19 heavy (non-hydrogen) atoms. The average Bonchev–Trinajstić information content (AvgIpc) is 2.39. The first-order valence-corrected chi connectivity index (χ1v) is 8.09. The van der Waals surface area contributed by atoms with Crippen LogP contribution in [0.15, 0.2) is 24.3 Å². The Bertz CT molecular complexity index is 526. The Labute approximate surface area is 114 Å². The molecule has 1 rings (SSSR count). The maximum absolute atomic E-state index is 12.0. The van der Waals surface area contributed by atoms with Gasteiger partial charge in [0.15, 0.2) is 9.84 Å². The normalized spacial score (nSPS) is 11.3. The standard InChI is InChI=1S/C13H20N2O3S/c1-2-19(17,18)10-9-15-13(16)12-6-4-3-5-11(12)7-8-14/h3-6H,2,7-10,14H2,1H3,(H,15,16). The fourth-order valence-corrected chi connectivity index (χ4v) is 2.38. The van der Waals surface area contributed by atoms with E-state index in [-0.39, 0.29) is 24.0 Å². The van der Waals surface area contributed by atoms with Crippen molar-refractivity contribution in [1.82, 2.24) is 5.32 Å². The highest BCUT2D eigenvalue weighted by Gasteiger charge is 2.12. The maximum Gasteiger partial charge on any atom is 0.251 e. The van der Waals surface area contributed by atoms with E-state index >= 15 is 0 Å². The summed E-state index contributed by atoms with van der Waals surface area (Å²) in [5, 5.41) is 2.63. The molecule has 1 amide bonds. The van der Waals surface area contributed by atoms with Gasteiger partial charge in [-0.15, -0.1) is 0 Å². The third-order valence-electron chi connectivity index (χ3n) is 2.81. The highest BCUT2D eigenvalue weighted by molar-refractivity contribution is 7.91. The van der Waals surface area contributed by atoms with Crippen LogP contribution in [-0.2, 0) is 16.3 Å². The van der Waals surface area contributed by atoms with Gasteiger partial charge in [-0.2, -0.15) is 0 Å². The minimum atomic E-state index is -3.05. The monoisotopic (exact) mass is 284 g/mol. The summed E-state index contributed by atoms with van der Waals surface area (Å²) in [5.41, 5.74) is 6.93. The van der Waals surface area contributed by atoms with Gasteiger partial charge < -0.3 is 11.1 Å². The highest BCUT2D eigenvalue weighted by Crippen LogP contribution is 2.08. The molecule has 0 unspecified atom stereocenters. The molecule has 0 aliphatic carbocycles. The second-order valence-electron chi connectivity index (χ2n) is 4.19. The van der Waals surface area contributed by atoms with Gasteiger partial charge in [0.25, 0.3) is 5.91 Å². The molecular formula is C13H20N2O3S. The van der Waals surface area contributed by atoms with Crippen molar-refractivity contribution in [2.75, 3.05) is 24.6 Å². The molecule has 3 N–H and O–H groups in total. The zero-order chi connectivity index (χ0) is 14.3. The van der Waals surface area contributed by atoms with Crippen LogP contribution in [0.1, 0.15) is 22.8 Å². The first kappa shape index (κ1) is 15.7. The number of sulfone groups is 1. The summed E-state index contributed by atoms with van der Waals surface area (Å²) in [4.78, 5) is 12.0. The number of benzene rings is 1. The summed E-state index contributed by atoms with van der Waals surface area (Å²) < 4.78 is 22.6. The third-order valence-corrected chi connectivity index (χ3v) is 4.52. The van der Waals surface area contributed by atoms with E-state index in [0.29, 0.717) is 18.5 Å². The summed E-state index contributed by atoms with van der Waals surface area (Å²) in [7, 11) is -3.05. The Morgan fingerprint density at radius 3 is 2.63 bits per heavy atom. The molecule has 6 heteroatoms. The van der Waals surface area contributed by atoms with Gasteiger partial charge in [0.2, 0.25) is 0 Å². The van der Waals surface area contributed by atoms with Gasteiger partial charge in [0, 0.05) is 17.9 Å². The van der Waals surface area contributed by atoms with Crippen molar-refractivity contribution in [3.63, 3.8) is 0 Å². The quantitative estimate of drug-likeness (QED) is 0.756. The SMILES string of the molecule is CCS(=O)(=O)CCNC(=O)c1ccccc1CCN. The summed E-state index contributed by atoms with van der Waals surface area (Å²) in [6.45, 7) is 2.19. The Balaban J connectivity index is 2.64. The molecule has 0 spiro atoms. The predicted molar refractivity (Wildman–Crippen MR) is 75.9 cm³/mol. The molecule has 0 aliphatic heterocycles. The molecule has 0 aromatic heterocycles. The molecule has 0 bridgehead atoms. The molecule has 0 saturated heterocycles. The van der Waals surface area contributed by atoms with E-state index < -0.39 is 9.84 Å². The third kappa shape index (κ3) is 5.00. The number of carbonyl (C=O) groups is 1. The number of nitrogens with two attached hydrogens (primary N) is 1. The van der Waals surface area contributed by atoms with Crippen molar-refractivity contribution in [1.29, 1.82) is 0 Å². The Morgan fingerprint density at radius 1 is 1.32 bits per heavy atom. The summed E-state index contributed by atoms with van der Waals surface area (Å²) in [6, 6.07) is 7.19. The van der Waals surface area contributed by atoms with Crippen LogP contribution in [-0.4, -0.2) is 38.9 Å². The predicted octanol–water partition coefficient (Wildman–Crippen LogP) is 0.352. The molecule has 1 aromatic carbocycles. The molecule has 0 aliphatic rings. The van der Waals surface area contributed by atoms with Crippen LogP contribution < -0.4 is 11.1 Å². The lowest BCUT2D eigenvalue weighted by Crippen LogP contribution is -2.30.